The molecule has 2 aromatic rings. The SMILES string of the molecule is Cc1cc(=O)oc2cc(OCCCC(C)(O)CO)ccc12. The first-order valence-electron chi connectivity index (χ1n) is 6.92. The molecule has 21 heavy (non-hydrogen) atoms. The van der Waals surface area contributed by atoms with Crippen molar-refractivity contribution < 1.29 is 19.4 Å². The molecule has 1 aromatic carbocycles. The standard InChI is InChI=1S/C16H20O5/c1-11-8-15(18)21-14-9-12(4-5-13(11)14)20-7-3-6-16(2,19)10-17/h4-5,8-9,17,19H,3,6-7,10H2,1-2H3. The van der Waals surface area contributed by atoms with E-state index in [2.05, 4.69) is 0 Å². The average molecular weight is 292 g/mol. The van der Waals surface area contributed by atoms with Crippen LogP contribution in [0.5, 0.6) is 5.75 Å². The van der Waals surface area contributed by atoms with Crippen LogP contribution in [0.3, 0.4) is 0 Å². The summed E-state index contributed by atoms with van der Waals surface area (Å²) in [5, 5.41) is 19.5. The second-order valence-electron chi connectivity index (χ2n) is 5.51. The summed E-state index contributed by atoms with van der Waals surface area (Å²) in [6.07, 6.45) is 1.06. The fourth-order valence-electron chi connectivity index (χ4n) is 2.12. The van der Waals surface area contributed by atoms with Crippen molar-refractivity contribution in [3.63, 3.8) is 0 Å². The number of hydrogen-bond acceptors (Lipinski definition) is 5. The van der Waals surface area contributed by atoms with Crippen LogP contribution >= 0.6 is 0 Å². The maximum Gasteiger partial charge on any atom is 0.336 e. The van der Waals surface area contributed by atoms with Crippen molar-refractivity contribution in [1.82, 2.24) is 0 Å². The molecule has 1 heterocycles. The molecule has 0 aliphatic heterocycles. The van der Waals surface area contributed by atoms with Crippen molar-refractivity contribution in [3.8, 4) is 5.75 Å². The van der Waals surface area contributed by atoms with Crippen molar-refractivity contribution in [3.05, 3.63) is 40.2 Å². The Hall–Kier alpha value is -1.85. The first-order valence-corrected chi connectivity index (χ1v) is 6.92. The van der Waals surface area contributed by atoms with Gasteiger partial charge in [-0.1, -0.05) is 0 Å². The molecule has 0 amide bonds. The molecule has 5 nitrogen and oxygen atoms in total. The number of aliphatic hydroxyl groups is 2. The van der Waals surface area contributed by atoms with Gasteiger partial charge in [0.2, 0.25) is 0 Å². The van der Waals surface area contributed by atoms with Crippen molar-refractivity contribution in [2.45, 2.75) is 32.3 Å². The highest BCUT2D eigenvalue weighted by Crippen LogP contribution is 2.22. The maximum atomic E-state index is 11.4. The van der Waals surface area contributed by atoms with E-state index in [1.54, 1.807) is 13.0 Å². The highest BCUT2D eigenvalue weighted by Gasteiger charge is 2.17. The van der Waals surface area contributed by atoms with Crippen LogP contribution in [0.1, 0.15) is 25.3 Å². The Morgan fingerprint density at radius 1 is 1.33 bits per heavy atom. The molecule has 0 bridgehead atoms. The fourth-order valence-corrected chi connectivity index (χ4v) is 2.12. The molecule has 2 N–H and O–H groups in total. The largest absolute Gasteiger partial charge is 0.493 e. The third-order valence-electron chi connectivity index (χ3n) is 3.39. The van der Waals surface area contributed by atoms with Gasteiger partial charge in [-0.25, -0.2) is 4.79 Å². The van der Waals surface area contributed by atoms with Crippen LogP contribution in [0.25, 0.3) is 11.0 Å². The summed E-state index contributed by atoms with van der Waals surface area (Å²) in [6, 6.07) is 6.82. The number of benzene rings is 1. The van der Waals surface area contributed by atoms with Gasteiger partial charge in [-0.05, 0) is 44.4 Å². The van der Waals surface area contributed by atoms with E-state index in [1.165, 1.54) is 6.07 Å². The van der Waals surface area contributed by atoms with E-state index in [4.69, 9.17) is 14.3 Å². The smallest absolute Gasteiger partial charge is 0.336 e. The molecule has 0 spiro atoms. The summed E-state index contributed by atoms with van der Waals surface area (Å²) < 4.78 is 10.7. The molecular formula is C16H20O5. The van der Waals surface area contributed by atoms with E-state index in [0.717, 1.165) is 10.9 Å². The quantitative estimate of drug-likeness (QED) is 0.629. The third kappa shape index (κ3) is 4.06. The molecule has 0 aliphatic carbocycles. The van der Waals surface area contributed by atoms with Crippen LogP contribution in [0.15, 0.2) is 33.5 Å². The predicted octanol–water partition coefficient (Wildman–Crippen LogP) is 2.00. The summed E-state index contributed by atoms with van der Waals surface area (Å²) in [6.45, 7) is 3.59. The van der Waals surface area contributed by atoms with Gasteiger partial charge in [0.05, 0.1) is 18.8 Å². The van der Waals surface area contributed by atoms with E-state index in [-0.39, 0.29) is 12.2 Å². The Labute approximate surface area is 122 Å². The van der Waals surface area contributed by atoms with Gasteiger partial charge in [0.25, 0.3) is 0 Å². The van der Waals surface area contributed by atoms with Gasteiger partial charge in [0, 0.05) is 17.5 Å². The van der Waals surface area contributed by atoms with Crippen LogP contribution in [0.2, 0.25) is 0 Å². The van der Waals surface area contributed by atoms with Gasteiger partial charge >= 0.3 is 5.63 Å². The lowest BCUT2D eigenvalue weighted by atomic mass is 10.0. The lowest BCUT2D eigenvalue weighted by Gasteiger charge is -2.19. The lowest BCUT2D eigenvalue weighted by molar-refractivity contribution is -0.00878. The zero-order valence-corrected chi connectivity index (χ0v) is 12.3. The van der Waals surface area contributed by atoms with E-state index in [1.807, 2.05) is 19.1 Å². The van der Waals surface area contributed by atoms with E-state index < -0.39 is 5.60 Å². The zero-order chi connectivity index (χ0) is 15.5. The molecule has 0 fully saturated rings. The molecular weight excluding hydrogens is 272 g/mol. The van der Waals surface area contributed by atoms with Crippen molar-refractivity contribution >= 4 is 11.0 Å². The Morgan fingerprint density at radius 2 is 2.10 bits per heavy atom. The molecule has 1 unspecified atom stereocenters. The van der Waals surface area contributed by atoms with Crippen molar-refractivity contribution in [1.29, 1.82) is 0 Å². The molecule has 2 rings (SSSR count). The van der Waals surface area contributed by atoms with Gasteiger partial charge in [0.15, 0.2) is 0 Å². The molecule has 0 saturated carbocycles. The fraction of sp³-hybridized carbons (Fsp3) is 0.438. The monoisotopic (exact) mass is 292 g/mol. The topological polar surface area (TPSA) is 79.9 Å². The predicted molar refractivity (Wildman–Crippen MR) is 79.7 cm³/mol. The van der Waals surface area contributed by atoms with Crippen LogP contribution in [-0.4, -0.2) is 29.0 Å². The molecule has 114 valence electrons. The van der Waals surface area contributed by atoms with Crippen LogP contribution < -0.4 is 10.4 Å². The second kappa shape index (κ2) is 6.28. The van der Waals surface area contributed by atoms with E-state index >= 15 is 0 Å². The summed E-state index contributed by atoms with van der Waals surface area (Å²) >= 11 is 0. The molecule has 5 heteroatoms. The first kappa shape index (κ1) is 15.5. The summed E-state index contributed by atoms with van der Waals surface area (Å²) in [5.41, 5.74) is -0.0841. The Kier molecular flexibility index (Phi) is 4.65. The van der Waals surface area contributed by atoms with Gasteiger partial charge in [-0.3, -0.25) is 0 Å². The van der Waals surface area contributed by atoms with Gasteiger partial charge in [0.1, 0.15) is 11.3 Å². The highest BCUT2D eigenvalue weighted by molar-refractivity contribution is 5.81. The summed E-state index contributed by atoms with van der Waals surface area (Å²) in [7, 11) is 0. The number of ether oxygens (including phenoxy) is 1. The summed E-state index contributed by atoms with van der Waals surface area (Å²) in [4.78, 5) is 11.4. The van der Waals surface area contributed by atoms with Crippen molar-refractivity contribution in [2.75, 3.05) is 13.2 Å². The van der Waals surface area contributed by atoms with Gasteiger partial charge < -0.3 is 19.4 Å². The number of aryl methyl sites for hydroxylation is 1. The van der Waals surface area contributed by atoms with Gasteiger partial charge in [-0.2, -0.15) is 0 Å². The van der Waals surface area contributed by atoms with E-state index in [9.17, 15) is 9.90 Å². The maximum absolute atomic E-state index is 11.4. The minimum atomic E-state index is -1.07. The zero-order valence-electron chi connectivity index (χ0n) is 12.3. The first-order chi connectivity index (χ1) is 9.91. The van der Waals surface area contributed by atoms with E-state index in [0.29, 0.717) is 30.8 Å². The van der Waals surface area contributed by atoms with Crippen molar-refractivity contribution in [2.24, 2.45) is 0 Å². The number of fused-ring (bicyclic) bond motifs is 1. The van der Waals surface area contributed by atoms with Crippen LogP contribution in [0.4, 0.5) is 0 Å². The second-order valence-corrected chi connectivity index (χ2v) is 5.51. The minimum absolute atomic E-state index is 0.270. The Balaban J connectivity index is 2.02. The number of hydrogen-bond donors (Lipinski definition) is 2. The molecule has 1 aromatic heterocycles. The molecule has 0 radical (unpaired) electrons. The van der Waals surface area contributed by atoms with Crippen LogP contribution in [0, 0.1) is 6.92 Å². The molecule has 1 atom stereocenters. The highest BCUT2D eigenvalue weighted by atomic mass is 16.5. The number of rotatable bonds is 6. The third-order valence-corrected chi connectivity index (χ3v) is 3.39. The molecule has 0 saturated heterocycles. The Morgan fingerprint density at radius 3 is 2.81 bits per heavy atom. The molecule has 0 aliphatic rings. The summed E-state index contributed by atoms with van der Waals surface area (Å²) in [5.74, 6) is 0.611. The normalized spacial score (nSPS) is 14.1. The van der Waals surface area contributed by atoms with Gasteiger partial charge in [-0.15, -0.1) is 0 Å². The number of aliphatic hydroxyl groups excluding tert-OH is 1. The lowest BCUT2D eigenvalue weighted by Crippen LogP contribution is -2.29. The Bertz CT molecular complexity index is 672. The van der Waals surface area contributed by atoms with Crippen LogP contribution in [-0.2, 0) is 0 Å². The average Bonchev–Trinajstić information content (AvgIpc) is 2.43. The minimum Gasteiger partial charge on any atom is -0.493 e.